The summed E-state index contributed by atoms with van der Waals surface area (Å²) < 4.78 is 9.12. The van der Waals surface area contributed by atoms with E-state index in [4.69, 9.17) is 0 Å². The molecule has 0 aliphatic heterocycles. The van der Waals surface area contributed by atoms with Gasteiger partial charge in [-0.1, -0.05) is 0 Å². The van der Waals surface area contributed by atoms with Crippen LogP contribution in [0.2, 0.25) is 0 Å². The van der Waals surface area contributed by atoms with Crippen molar-refractivity contribution in [2.75, 3.05) is 14.2 Å². The van der Waals surface area contributed by atoms with Crippen molar-refractivity contribution in [2.24, 2.45) is 4.99 Å². The van der Waals surface area contributed by atoms with Crippen molar-refractivity contribution < 1.29 is 19.1 Å². The summed E-state index contributed by atoms with van der Waals surface area (Å²) in [7, 11) is 2.49. The number of aliphatic imine (C=N–C) groups is 1. The number of esters is 2. The lowest BCUT2D eigenvalue weighted by Gasteiger charge is -2.04. The zero-order valence-electron chi connectivity index (χ0n) is 9.22. The van der Waals surface area contributed by atoms with Gasteiger partial charge in [-0.05, 0) is 30.4 Å². The summed E-state index contributed by atoms with van der Waals surface area (Å²) in [6, 6.07) is 4.25. The number of isothiocyanates is 1. The molecule has 5 nitrogen and oxygen atoms in total. The molecule has 0 saturated carbocycles. The lowest BCUT2D eigenvalue weighted by Crippen LogP contribution is -2.06. The number of ether oxygens (including phenoxy) is 2. The molecule has 0 unspecified atom stereocenters. The maximum Gasteiger partial charge on any atom is 0.337 e. The SMILES string of the molecule is COC(=O)c1cc(N=C=S)cc(C(=O)OC)c1. The Morgan fingerprint density at radius 2 is 1.59 bits per heavy atom. The van der Waals surface area contributed by atoms with Gasteiger partial charge >= 0.3 is 11.9 Å². The highest BCUT2D eigenvalue weighted by molar-refractivity contribution is 7.78. The first kappa shape index (κ1) is 13.0. The van der Waals surface area contributed by atoms with Crippen molar-refractivity contribution in [1.82, 2.24) is 0 Å². The highest BCUT2D eigenvalue weighted by Gasteiger charge is 2.13. The first-order chi connectivity index (χ1) is 8.12. The Bertz CT molecular complexity index is 472. The van der Waals surface area contributed by atoms with Crippen molar-refractivity contribution in [3.8, 4) is 0 Å². The maximum atomic E-state index is 11.4. The quantitative estimate of drug-likeness (QED) is 0.467. The molecule has 0 aliphatic carbocycles. The van der Waals surface area contributed by atoms with Gasteiger partial charge in [0.1, 0.15) is 0 Å². The zero-order valence-corrected chi connectivity index (χ0v) is 10.0. The fourth-order valence-corrected chi connectivity index (χ4v) is 1.31. The normalized spacial score (nSPS) is 9.06. The van der Waals surface area contributed by atoms with E-state index < -0.39 is 11.9 Å². The molecule has 0 heterocycles. The number of benzene rings is 1. The summed E-state index contributed by atoms with van der Waals surface area (Å²) in [6.07, 6.45) is 0. The molecule has 0 aliphatic rings. The number of rotatable bonds is 3. The molecule has 1 aromatic rings. The Kier molecular flexibility index (Phi) is 4.51. The summed E-state index contributed by atoms with van der Waals surface area (Å²) >= 11 is 4.46. The number of methoxy groups -OCH3 is 2. The Labute approximate surface area is 103 Å². The number of hydrogen-bond donors (Lipinski definition) is 0. The average molecular weight is 251 g/mol. The fourth-order valence-electron chi connectivity index (χ4n) is 1.20. The van der Waals surface area contributed by atoms with Gasteiger partial charge in [-0.3, -0.25) is 0 Å². The third-order valence-corrected chi connectivity index (χ3v) is 2.03. The first-order valence-corrected chi connectivity index (χ1v) is 4.92. The van der Waals surface area contributed by atoms with E-state index in [0.717, 1.165) is 0 Å². The summed E-state index contributed by atoms with van der Waals surface area (Å²) in [6.45, 7) is 0. The highest BCUT2D eigenvalue weighted by atomic mass is 32.1. The summed E-state index contributed by atoms with van der Waals surface area (Å²) in [5.74, 6) is -1.15. The van der Waals surface area contributed by atoms with Crippen molar-refractivity contribution in [3.05, 3.63) is 29.3 Å². The Morgan fingerprint density at radius 3 is 1.94 bits per heavy atom. The minimum Gasteiger partial charge on any atom is -0.465 e. The number of carbonyl (C=O) groups is 2. The van der Waals surface area contributed by atoms with E-state index in [1.165, 1.54) is 32.4 Å². The predicted molar refractivity (Wildman–Crippen MR) is 63.8 cm³/mol. The first-order valence-electron chi connectivity index (χ1n) is 4.52. The number of thiocarbonyl (C=S) groups is 1. The second-order valence-corrected chi connectivity index (χ2v) is 3.14. The second kappa shape index (κ2) is 5.89. The smallest absolute Gasteiger partial charge is 0.337 e. The van der Waals surface area contributed by atoms with Crippen LogP contribution in [0.5, 0.6) is 0 Å². The van der Waals surface area contributed by atoms with Gasteiger partial charge in [-0.15, -0.1) is 0 Å². The molecule has 0 bridgehead atoms. The molecule has 0 amide bonds. The lowest BCUT2D eigenvalue weighted by atomic mass is 10.1. The molecule has 17 heavy (non-hydrogen) atoms. The molecular formula is C11H9NO4S. The number of carbonyl (C=O) groups excluding carboxylic acids is 2. The van der Waals surface area contributed by atoms with Crippen LogP contribution in [0.1, 0.15) is 20.7 Å². The molecule has 88 valence electrons. The van der Waals surface area contributed by atoms with Crippen LogP contribution in [0.4, 0.5) is 5.69 Å². The molecule has 0 fully saturated rings. The Hall–Kier alpha value is -2.04. The van der Waals surface area contributed by atoms with Gasteiger partial charge in [-0.25, -0.2) is 9.59 Å². The number of nitrogens with zero attached hydrogens (tertiary/aromatic N) is 1. The predicted octanol–water partition coefficient (Wildman–Crippen LogP) is 1.99. The second-order valence-electron chi connectivity index (χ2n) is 2.95. The van der Waals surface area contributed by atoms with Crippen molar-refractivity contribution in [2.45, 2.75) is 0 Å². The van der Waals surface area contributed by atoms with E-state index in [2.05, 4.69) is 31.8 Å². The molecular weight excluding hydrogens is 242 g/mol. The average Bonchev–Trinajstić information content (AvgIpc) is 2.36. The van der Waals surface area contributed by atoms with Crippen LogP contribution in [-0.2, 0) is 9.47 Å². The minimum atomic E-state index is -0.573. The van der Waals surface area contributed by atoms with Gasteiger partial charge in [0.05, 0.1) is 36.2 Å². The van der Waals surface area contributed by atoms with Crippen LogP contribution < -0.4 is 0 Å². The molecule has 0 radical (unpaired) electrons. The molecule has 0 saturated heterocycles. The molecule has 0 atom stereocenters. The van der Waals surface area contributed by atoms with Gasteiger partial charge in [0.25, 0.3) is 0 Å². The van der Waals surface area contributed by atoms with Gasteiger partial charge in [0.2, 0.25) is 0 Å². The maximum absolute atomic E-state index is 11.4. The molecule has 1 rings (SSSR count). The van der Waals surface area contributed by atoms with Crippen molar-refractivity contribution in [3.63, 3.8) is 0 Å². The van der Waals surface area contributed by atoms with Crippen LogP contribution in [0.25, 0.3) is 0 Å². The topological polar surface area (TPSA) is 65.0 Å². The molecule has 0 spiro atoms. The van der Waals surface area contributed by atoms with E-state index in [1.807, 2.05) is 0 Å². The van der Waals surface area contributed by atoms with Crippen LogP contribution in [0.3, 0.4) is 0 Å². The van der Waals surface area contributed by atoms with E-state index in [-0.39, 0.29) is 11.1 Å². The van der Waals surface area contributed by atoms with Gasteiger partial charge in [0.15, 0.2) is 0 Å². The van der Waals surface area contributed by atoms with Crippen LogP contribution in [0.15, 0.2) is 23.2 Å². The summed E-state index contributed by atoms with van der Waals surface area (Å²) in [5.41, 5.74) is 0.724. The van der Waals surface area contributed by atoms with E-state index in [0.29, 0.717) is 5.69 Å². The third-order valence-electron chi connectivity index (χ3n) is 1.93. The highest BCUT2D eigenvalue weighted by Crippen LogP contribution is 2.19. The Balaban J connectivity index is 3.32. The van der Waals surface area contributed by atoms with Crippen LogP contribution in [0, 0.1) is 0 Å². The molecule has 1 aromatic carbocycles. The van der Waals surface area contributed by atoms with Crippen molar-refractivity contribution >= 4 is 35.0 Å². The van der Waals surface area contributed by atoms with E-state index in [9.17, 15) is 9.59 Å². The standard InChI is InChI=1S/C11H9NO4S/c1-15-10(13)7-3-8(11(14)16-2)5-9(4-7)12-6-17/h3-5H,1-2H3. The summed E-state index contributed by atoms with van der Waals surface area (Å²) in [4.78, 5) is 26.5. The van der Waals surface area contributed by atoms with Crippen LogP contribution in [-0.4, -0.2) is 31.3 Å². The van der Waals surface area contributed by atoms with Crippen molar-refractivity contribution in [1.29, 1.82) is 0 Å². The lowest BCUT2D eigenvalue weighted by molar-refractivity contribution is 0.0599. The van der Waals surface area contributed by atoms with E-state index in [1.54, 1.807) is 0 Å². The van der Waals surface area contributed by atoms with Gasteiger partial charge < -0.3 is 9.47 Å². The van der Waals surface area contributed by atoms with Crippen LogP contribution >= 0.6 is 12.2 Å². The molecule has 0 N–H and O–H groups in total. The van der Waals surface area contributed by atoms with Gasteiger partial charge in [-0.2, -0.15) is 4.99 Å². The third kappa shape index (κ3) is 3.21. The summed E-state index contributed by atoms with van der Waals surface area (Å²) in [5, 5.41) is 2.16. The zero-order chi connectivity index (χ0) is 12.8. The number of hydrogen-bond acceptors (Lipinski definition) is 6. The fraction of sp³-hybridized carbons (Fsp3) is 0.182. The Morgan fingerprint density at radius 1 is 1.12 bits per heavy atom. The molecule has 6 heteroatoms. The molecule has 0 aromatic heterocycles. The van der Waals surface area contributed by atoms with Gasteiger partial charge in [0, 0.05) is 0 Å². The minimum absolute atomic E-state index is 0.194. The largest absolute Gasteiger partial charge is 0.465 e. The van der Waals surface area contributed by atoms with E-state index >= 15 is 0 Å². The monoisotopic (exact) mass is 251 g/mol.